The van der Waals surface area contributed by atoms with Gasteiger partial charge in [0.2, 0.25) is 29.4 Å². The molecule has 2 atom stereocenters. The van der Waals surface area contributed by atoms with E-state index >= 15 is 0 Å². The fourth-order valence-corrected chi connectivity index (χ4v) is 5.73. The fourth-order valence-electron chi connectivity index (χ4n) is 5.73. The van der Waals surface area contributed by atoms with Gasteiger partial charge in [-0.05, 0) is 50.2 Å². The topological polar surface area (TPSA) is 147 Å². The summed E-state index contributed by atoms with van der Waals surface area (Å²) < 4.78 is 11.3. The first kappa shape index (κ1) is 32.9. The number of fused-ring (bicyclic) bond motifs is 4. The summed E-state index contributed by atoms with van der Waals surface area (Å²) in [4.78, 5) is 60.8. The average molecular weight is 611 g/mol. The Hall–Kier alpha value is -3.96. The van der Waals surface area contributed by atoms with Crippen LogP contribution in [0.1, 0.15) is 93.7 Å². The minimum atomic E-state index is -0.837. The van der Waals surface area contributed by atoms with E-state index in [0.717, 1.165) is 38.5 Å². The molecule has 3 heterocycles. The van der Waals surface area contributed by atoms with Crippen molar-refractivity contribution in [3.05, 3.63) is 41.5 Å². The highest BCUT2D eigenvalue weighted by Gasteiger charge is 2.39. The van der Waals surface area contributed by atoms with Crippen LogP contribution in [-0.4, -0.2) is 82.3 Å². The number of nitrogens with one attached hydrogen (secondary N) is 2. The van der Waals surface area contributed by atoms with Crippen molar-refractivity contribution >= 4 is 23.6 Å². The summed E-state index contributed by atoms with van der Waals surface area (Å²) in [5.41, 5.74) is 0.277. The summed E-state index contributed by atoms with van der Waals surface area (Å²) >= 11 is 0. The van der Waals surface area contributed by atoms with Gasteiger partial charge in [0.1, 0.15) is 17.8 Å². The van der Waals surface area contributed by atoms with Gasteiger partial charge in [-0.15, -0.1) is 0 Å². The van der Waals surface area contributed by atoms with Gasteiger partial charge in [-0.2, -0.15) is 4.98 Å². The number of carbonyl (C=O) groups is 4. The molecule has 44 heavy (non-hydrogen) atoms. The van der Waals surface area contributed by atoms with Gasteiger partial charge in [0.05, 0.1) is 12.1 Å². The van der Waals surface area contributed by atoms with Gasteiger partial charge in [-0.3, -0.25) is 19.2 Å². The van der Waals surface area contributed by atoms with Crippen molar-refractivity contribution in [3.8, 4) is 5.75 Å². The molecule has 1 aromatic heterocycles. The lowest BCUT2D eigenvalue weighted by molar-refractivity contribution is -0.145. The van der Waals surface area contributed by atoms with E-state index in [0.29, 0.717) is 56.2 Å². The first-order chi connectivity index (χ1) is 21.2. The van der Waals surface area contributed by atoms with Crippen LogP contribution in [0.25, 0.3) is 0 Å². The van der Waals surface area contributed by atoms with Crippen LogP contribution in [-0.2, 0) is 27.4 Å². The maximum atomic E-state index is 13.9. The minimum absolute atomic E-state index is 0.0315. The van der Waals surface area contributed by atoms with Crippen LogP contribution < -0.4 is 15.4 Å². The molecule has 12 nitrogen and oxygen atoms in total. The Morgan fingerprint density at radius 1 is 0.977 bits per heavy atom. The predicted octanol–water partition coefficient (Wildman–Crippen LogP) is 3.26. The largest absolute Gasteiger partial charge is 0.485 e. The second kappa shape index (κ2) is 16.2. The molecule has 240 valence electrons. The standard InChI is InChI=1S/C32H46N6O6/c1-22(2)19-24-31(41)38-18-12-14-25(38)32(42)37(3)20-28(39)33-17-11-7-5-4-6-8-16-29-35-27(36-44-29)21-43-26-15-10-9-13-23(26)30(40)34-24/h9-10,13,15,22,24-25H,4-8,11-12,14,16-21H2,1-3H3,(H,33,39)(H,34,40)/t24-,25-/m1/s1. The Morgan fingerprint density at radius 3 is 2.52 bits per heavy atom. The third-order valence-electron chi connectivity index (χ3n) is 8.03. The molecular formula is C32H46N6O6. The lowest BCUT2D eigenvalue weighted by Gasteiger charge is -2.31. The van der Waals surface area contributed by atoms with Gasteiger partial charge in [-0.1, -0.05) is 56.8 Å². The molecule has 2 aromatic rings. The van der Waals surface area contributed by atoms with Crippen LogP contribution in [0.4, 0.5) is 0 Å². The van der Waals surface area contributed by atoms with Crippen LogP contribution in [0.3, 0.4) is 0 Å². The predicted molar refractivity (Wildman–Crippen MR) is 163 cm³/mol. The number of benzene rings is 1. The van der Waals surface area contributed by atoms with Gasteiger partial charge in [0.25, 0.3) is 5.91 Å². The number of amides is 4. The van der Waals surface area contributed by atoms with Crippen molar-refractivity contribution in [1.29, 1.82) is 0 Å². The molecule has 1 saturated heterocycles. The maximum Gasteiger partial charge on any atom is 0.255 e. The lowest BCUT2D eigenvalue weighted by atomic mass is 10.0. The Balaban J connectivity index is 1.53. The molecule has 2 aliphatic rings. The Kier molecular flexibility index (Phi) is 12.1. The molecule has 2 N–H and O–H groups in total. The monoisotopic (exact) mass is 610 g/mol. The number of aromatic nitrogens is 2. The molecule has 0 radical (unpaired) electrons. The molecule has 0 spiro atoms. The van der Waals surface area contributed by atoms with E-state index in [9.17, 15) is 19.2 Å². The van der Waals surface area contributed by atoms with E-state index in [2.05, 4.69) is 20.8 Å². The summed E-state index contributed by atoms with van der Waals surface area (Å²) in [7, 11) is 1.59. The summed E-state index contributed by atoms with van der Waals surface area (Å²) in [5, 5.41) is 9.84. The molecule has 4 rings (SSSR count). The summed E-state index contributed by atoms with van der Waals surface area (Å²) in [6, 6.07) is 5.30. The van der Waals surface area contributed by atoms with E-state index < -0.39 is 18.0 Å². The first-order valence-electron chi connectivity index (χ1n) is 15.9. The van der Waals surface area contributed by atoms with Crippen molar-refractivity contribution in [2.75, 3.05) is 26.7 Å². The molecule has 0 saturated carbocycles. The smallest absolute Gasteiger partial charge is 0.255 e. The average Bonchev–Trinajstić information content (AvgIpc) is 3.67. The molecule has 1 aromatic carbocycles. The number of ether oxygens (including phenoxy) is 1. The van der Waals surface area contributed by atoms with Gasteiger partial charge in [0.15, 0.2) is 6.61 Å². The number of nitrogens with zero attached hydrogens (tertiary/aromatic N) is 4. The zero-order valence-electron chi connectivity index (χ0n) is 26.2. The molecule has 4 amide bonds. The third-order valence-corrected chi connectivity index (χ3v) is 8.03. The fraction of sp³-hybridized carbons (Fsp3) is 0.625. The van der Waals surface area contributed by atoms with Gasteiger partial charge < -0.3 is 29.7 Å². The highest BCUT2D eigenvalue weighted by Crippen LogP contribution is 2.24. The molecule has 0 aliphatic carbocycles. The number of para-hydroxylation sites is 1. The Labute approximate surface area is 259 Å². The first-order valence-corrected chi connectivity index (χ1v) is 15.9. The molecule has 0 unspecified atom stereocenters. The number of likely N-dealkylation sites (N-methyl/N-ethyl adjacent to an activating group) is 1. The number of rotatable bonds is 2. The molecule has 1 fully saturated rings. The number of aryl methyl sites for hydroxylation is 1. The van der Waals surface area contributed by atoms with E-state index in [4.69, 9.17) is 9.26 Å². The highest BCUT2D eigenvalue weighted by atomic mass is 16.5. The Bertz CT molecular complexity index is 1280. The normalized spacial score (nSPS) is 22.2. The molecule has 2 aliphatic heterocycles. The number of hydrogen-bond donors (Lipinski definition) is 2. The van der Waals surface area contributed by atoms with Crippen molar-refractivity contribution in [2.45, 2.75) is 96.7 Å². The summed E-state index contributed by atoms with van der Waals surface area (Å²) in [6.45, 7) is 4.88. The Morgan fingerprint density at radius 2 is 1.73 bits per heavy atom. The quantitative estimate of drug-likeness (QED) is 0.527. The maximum absolute atomic E-state index is 13.9. The highest BCUT2D eigenvalue weighted by molar-refractivity contribution is 6.00. The zero-order valence-corrected chi connectivity index (χ0v) is 26.2. The van der Waals surface area contributed by atoms with Crippen LogP contribution in [0.15, 0.2) is 28.8 Å². The van der Waals surface area contributed by atoms with Crippen LogP contribution >= 0.6 is 0 Å². The van der Waals surface area contributed by atoms with E-state index in [1.807, 2.05) is 13.8 Å². The lowest BCUT2D eigenvalue weighted by Crippen LogP contribution is -2.54. The van der Waals surface area contributed by atoms with Gasteiger partial charge in [0, 0.05) is 26.6 Å². The third kappa shape index (κ3) is 9.27. The second-order valence-corrected chi connectivity index (χ2v) is 12.2. The summed E-state index contributed by atoms with van der Waals surface area (Å²) in [6.07, 6.45) is 8.22. The second-order valence-electron chi connectivity index (χ2n) is 12.2. The van der Waals surface area contributed by atoms with E-state index in [1.54, 1.807) is 36.2 Å². The van der Waals surface area contributed by atoms with Crippen molar-refractivity contribution in [1.82, 2.24) is 30.6 Å². The molecule has 12 heteroatoms. The van der Waals surface area contributed by atoms with Gasteiger partial charge >= 0.3 is 0 Å². The molecular weight excluding hydrogens is 564 g/mol. The summed E-state index contributed by atoms with van der Waals surface area (Å²) in [5.74, 6) is 0.132. The minimum Gasteiger partial charge on any atom is -0.485 e. The van der Waals surface area contributed by atoms with Crippen molar-refractivity contribution in [3.63, 3.8) is 0 Å². The van der Waals surface area contributed by atoms with E-state index in [-0.39, 0.29) is 42.4 Å². The SMILES string of the molecule is CC(C)C[C@H]1NC(=O)c2ccccc2OCc2noc(n2)CCCCCCCCNC(=O)CN(C)C(=O)[C@H]2CCCN2C1=O. The number of carbonyl (C=O) groups excluding carboxylic acids is 4. The molecule has 2 bridgehead atoms. The van der Waals surface area contributed by atoms with Crippen LogP contribution in [0.2, 0.25) is 0 Å². The number of hydrogen-bond acceptors (Lipinski definition) is 8. The van der Waals surface area contributed by atoms with Crippen LogP contribution in [0, 0.1) is 5.92 Å². The van der Waals surface area contributed by atoms with Gasteiger partial charge in [-0.25, -0.2) is 0 Å². The van der Waals surface area contributed by atoms with Crippen LogP contribution in [0.5, 0.6) is 5.75 Å². The zero-order chi connectivity index (χ0) is 31.5. The van der Waals surface area contributed by atoms with Crippen molar-refractivity contribution in [2.24, 2.45) is 5.92 Å². The van der Waals surface area contributed by atoms with Crippen molar-refractivity contribution < 1.29 is 28.4 Å². The van der Waals surface area contributed by atoms with E-state index in [1.165, 1.54) is 4.90 Å².